The molecule has 0 aromatic heterocycles. The normalized spacial score (nSPS) is 20.1. The first-order chi connectivity index (χ1) is 13.0. The second-order valence-corrected chi connectivity index (χ2v) is 7.50. The maximum atomic E-state index is 12.5. The molecule has 5 heteroatoms. The predicted octanol–water partition coefficient (Wildman–Crippen LogP) is 4.49. The summed E-state index contributed by atoms with van der Waals surface area (Å²) in [6, 6.07) is 7.09. The molecule has 2 rings (SSSR count). The van der Waals surface area contributed by atoms with Gasteiger partial charge in [-0.05, 0) is 19.4 Å². The molecule has 1 heterocycles. The van der Waals surface area contributed by atoms with Crippen LogP contribution in [-0.4, -0.2) is 24.0 Å². The Morgan fingerprint density at radius 3 is 2.59 bits per heavy atom. The Labute approximate surface area is 163 Å². The number of nitrogens with zero attached hydrogens (tertiary/aromatic N) is 1. The number of carbonyl (C=O) groups excluding carboxylic acids is 2. The number of anilines is 1. The Bertz CT molecular complexity index is 632. The molecule has 0 aliphatic carbocycles. The fourth-order valence-corrected chi connectivity index (χ4v) is 3.73. The molecule has 3 atom stereocenters. The molecule has 1 aliphatic rings. The number of hydrogen-bond donors (Lipinski definition) is 1. The molecular weight excluding hydrogens is 340 g/mol. The van der Waals surface area contributed by atoms with Crippen molar-refractivity contribution in [2.24, 2.45) is 5.73 Å². The van der Waals surface area contributed by atoms with Crippen LogP contribution in [0.15, 0.2) is 24.3 Å². The first-order valence-corrected chi connectivity index (χ1v) is 10.4. The molecule has 3 unspecified atom stereocenters. The number of fused-ring (bicyclic) bond motifs is 1. The minimum atomic E-state index is -0.579. The van der Waals surface area contributed by atoms with Crippen molar-refractivity contribution in [3.8, 4) is 0 Å². The van der Waals surface area contributed by atoms with Crippen molar-refractivity contribution in [2.45, 2.75) is 90.3 Å². The van der Waals surface area contributed by atoms with E-state index in [4.69, 9.17) is 10.5 Å². The molecule has 0 spiro atoms. The van der Waals surface area contributed by atoms with E-state index >= 15 is 0 Å². The SMILES string of the molecule is CCCCCCCC(N)C(=O)OC1CC(C)N(C(=O)CC)c2ccccc21. The summed E-state index contributed by atoms with van der Waals surface area (Å²) in [5.74, 6) is -0.253. The second-order valence-electron chi connectivity index (χ2n) is 7.50. The van der Waals surface area contributed by atoms with Gasteiger partial charge in [0.1, 0.15) is 12.1 Å². The van der Waals surface area contributed by atoms with Crippen molar-refractivity contribution in [2.75, 3.05) is 4.90 Å². The van der Waals surface area contributed by atoms with Gasteiger partial charge in [-0.25, -0.2) is 0 Å². The number of hydrogen-bond acceptors (Lipinski definition) is 4. The van der Waals surface area contributed by atoms with E-state index in [0.717, 1.165) is 24.1 Å². The minimum Gasteiger partial charge on any atom is -0.456 e. The van der Waals surface area contributed by atoms with Gasteiger partial charge in [0.2, 0.25) is 5.91 Å². The van der Waals surface area contributed by atoms with Crippen molar-refractivity contribution >= 4 is 17.6 Å². The number of ether oxygens (including phenoxy) is 1. The Morgan fingerprint density at radius 2 is 1.89 bits per heavy atom. The van der Waals surface area contributed by atoms with E-state index in [2.05, 4.69) is 6.92 Å². The average molecular weight is 375 g/mol. The van der Waals surface area contributed by atoms with Crippen LogP contribution >= 0.6 is 0 Å². The first-order valence-electron chi connectivity index (χ1n) is 10.4. The minimum absolute atomic E-state index is 0.0181. The van der Waals surface area contributed by atoms with Crippen molar-refractivity contribution in [3.05, 3.63) is 29.8 Å². The molecule has 1 aromatic rings. The summed E-state index contributed by atoms with van der Waals surface area (Å²) in [5, 5.41) is 0. The van der Waals surface area contributed by atoms with E-state index in [0.29, 0.717) is 19.3 Å². The van der Waals surface area contributed by atoms with E-state index in [9.17, 15) is 9.59 Å². The Kier molecular flexibility index (Phi) is 8.29. The number of unbranched alkanes of at least 4 members (excludes halogenated alkanes) is 4. The largest absolute Gasteiger partial charge is 0.456 e. The van der Waals surface area contributed by atoms with Crippen LogP contribution in [0.25, 0.3) is 0 Å². The second kappa shape index (κ2) is 10.5. The summed E-state index contributed by atoms with van der Waals surface area (Å²) < 4.78 is 5.79. The number of amides is 1. The van der Waals surface area contributed by atoms with Gasteiger partial charge in [0, 0.05) is 24.4 Å². The third-order valence-corrected chi connectivity index (χ3v) is 5.29. The van der Waals surface area contributed by atoms with Gasteiger partial charge in [-0.2, -0.15) is 0 Å². The monoisotopic (exact) mass is 374 g/mol. The summed E-state index contributed by atoms with van der Waals surface area (Å²) in [6.07, 6.45) is 7.02. The number of nitrogens with two attached hydrogens (primary N) is 1. The van der Waals surface area contributed by atoms with Gasteiger partial charge in [-0.3, -0.25) is 9.59 Å². The van der Waals surface area contributed by atoms with E-state index in [-0.39, 0.29) is 24.0 Å². The zero-order valence-corrected chi connectivity index (χ0v) is 16.9. The van der Waals surface area contributed by atoms with Crippen LogP contribution in [-0.2, 0) is 14.3 Å². The molecule has 27 heavy (non-hydrogen) atoms. The number of benzene rings is 1. The summed E-state index contributed by atoms with van der Waals surface area (Å²) >= 11 is 0. The van der Waals surface area contributed by atoms with E-state index in [1.54, 1.807) is 0 Å². The lowest BCUT2D eigenvalue weighted by atomic mass is 9.93. The van der Waals surface area contributed by atoms with Gasteiger partial charge in [0.25, 0.3) is 0 Å². The maximum absolute atomic E-state index is 12.5. The number of carbonyl (C=O) groups is 2. The molecule has 2 N–H and O–H groups in total. The summed E-state index contributed by atoms with van der Waals surface area (Å²) in [5.41, 5.74) is 7.79. The van der Waals surface area contributed by atoms with Gasteiger partial charge in [-0.1, -0.05) is 64.2 Å². The van der Waals surface area contributed by atoms with Gasteiger partial charge < -0.3 is 15.4 Å². The number of rotatable bonds is 9. The topological polar surface area (TPSA) is 72.6 Å². The highest BCUT2D eigenvalue weighted by atomic mass is 16.5. The Hall–Kier alpha value is -1.88. The fraction of sp³-hybridized carbons (Fsp3) is 0.636. The van der Waals surface area contributed by atoms with Gasteiger partial charge in [0.05, 0.1) is 5.69 Å². The summed E-state index contributed by atoms with van der Waals surface area (Å²) in [6.45, 7) is 6.04. The molecule has 1 aromatic carbocycles. The molecule has 0 saturated heterocycles. The van der Waals surface area contributed by atoms with Crippen LogP contribution in [0.5, 0.6) is 0 Å². The van der Waals surface area contributed by atoms with Crippen molar-refractivity contribution in [1.82, 2.24) is 0 Å². The third-order valence-electron chi connectivity index (χ3n) is 5.29. The fourth-order valence-electron chi connectivity index (χ4n) is 3.73. The summed E-state index contributed by atoms with van der Waals surface area (Å²) in [7, 11) is 0. The van der Waals surface area contributed by atoms with Crippen LogP contribution in [0.4, 0.5) is 5.69 Å². The number of para-hydroxylation sites is 1. The van der Waals surface area contributed by atoms with Crippen molar-refractivity contribution in [3.63, 3.8) is 0 Å². The number of esters is 1. The highest BCUT2D eigenvalue weighted by molar-refractivity contribution is 5.95. The van der Waals surface area contributed by atoms with Crippen LogP contribution in [0.1, 0.15) is 83.8 Å². The smallest absolute Gasteiger partial charge is 0.323 e. The van der Waals surface area contributed by atoms with E-state index in [1.165, 1.54) is 19.3 Å². The van der Waals surface area contributed by atoms with Crippen molar-refractivity contribution < 1.29 is 14.3 Å². The maximum Gasteiger partial charge on any atom is 0.323 e. The average Bonchev–Trinajstić information content (AvgIpc) is 2.67. The zero-order chi connectivity index (χ0) is 19.8. The zero-order valence-electron chi connectivity index (χ0n) is 16.9. The summed E-state index contributed by atoms with van der Waals surface area (Å²) in [4.78, 5) is 26.7. The van der Waals surface area contributed by atoms with E-state index < -0.39 is 6.04 Å². The predicted molar refractivity (Wildman–Crippen MR) is 108 cm³/mol. The molecule has 0 bridgehead atoms. The molecule has 5 nitrogen and oxygen atoms in total. The van der Waals surface area contributed by atoms with Gasteiger partial charge in [0.15, 0.2) is 0 Å². The lowest BCUT2D eigenvalue weighted by molar-refractivity contribution is -0.152. The Balaban J connectivity index is 2.01. The highest BCUT2D eigenvalue weighted by Gasteiger charge is 2.35. The van der Waals surface area contributed by atoms with Crippen LogP contribution in [0.3, 0.4) is 0 Å². The molecule has 150 valence electrons. The highest BCUT2D eigenvalue weighted by Crippen LogP contribution is 2.39. The molecule has 0 fully saturated rings. The molecular formula is C22H34N2O3. The lowest BCUT2D eigenvalue weighted by Gasteiger charge is -2.39. The molecule has 0 saturated carbocycles. The standard InChI is InChI=1S/C22H34N2O3/c1-4-6-7-8-9-13-18(23)22(26)27-20-15-16(3)24(21(25)5-2)19-14-11-10-12-17(19)20/h10-12,14,16,18,20H,4-9,13,15,23H2,1-3H3. The van der Waals surface area contributed by atoms with Crippen LogP contribution in [0, 0.1) is 0 Å². The molecule has 0 radical (unpaired) electrons. The Morgan fingerprint density at radius 1 is 1.19 bits per heavy atom. The van der Waals surface area contributed by atoms with E-state index in [1.807, 2.05) is 43.0 Å². The van der Waals surface area contributed by atoms with Gasteiger partial charge >= 0.3 is 5.97 Å². The van der Waals surface area contributed by atoms with Crippen molar-refractivity contribution in [1.29, 1.82) is 0 Å². The first kappa shape index (κ1) is 21.4. The molecule has 1 aliphatic heterocycles. The third kappa shape index (κ3) is 5.55. The van der Waals surface area contributed by atoms with Gasteiger partial charge in [-0.15, -0.1) is 0 Å². The lowest BCUT2D eigenvalue weighted by Crippen LogP contribution is -2.44. The van der Waals surface area contributed by atoms with Crippen LogP contribution < -0.4 is 10.6 Å². The van der Waals surface area contributed by atoms with Crippen LogP contribution in [0.2, 0.25) is 0 Å². The quantitative estimate of drug-likeness (QED) is 0.510. The molecule has 1 amide bonds.